The first-order valence-corrected chi connectivity index (χ1v) is 12.7. The normalized spacial score (nSPS) is 14.1. The number of allylic oxidation sites excluding steroid dienone is 16. The van der Waals surface area contributed by atoms with Crippen molar-refractivity contribution in [3.8, 4) is 0 Å². The van der Waals surface area contributed by atoms with Gasteiger partial charge in [0.05, 0.1) is 5.70 Å². The van der Waals surface area contributed by atoms with Crippen molar-refractivity contribution in [3.05, 3.63) is 177 Å². The summed E-state index contributed by atoms with van der Waals surface area (Å²) in [6.07, 6.45) is 30.3. The summed E-state index contributed by atoms with van der Waals surface area (Å²) in [7, 11) is 0. The minimum absolute atomic E-state index is 0.136. The zero-order valence-corrected chi connectivity index (χ0v) is 22.7. The van der Waals surface area contributed by atoms with E-state index >= 15 is 0 Å². The molecule has 1 atom stereocenters. The monoisotopic (exact) mass is 501 g/mol. The van der Waals surface area contributed by atoms with Gasteiger partial charge in [0, 0.05) is 22.9 Å². The van der Waals surface area contributed by atoms with E-state index in [1.807, 2.05) is 91.7 Å². The summed E-state index contributed by atoms with van der Waals surface area (Å²) in [6, 6.07) is 10.1. The van der Waals surface area contributed by atoms with Crippen LogP contribution in [0, 0.1) is 5.92 Å². The van der Waals surface area contributed by atoms with Crippen LogP contribution in [0.4, 0.5) is 0 Å². The molecule has 2 aromatic rings. The highest BCUT2D eigenvalue weighted by atomic mass is 16.3. The molecule has 0 aliphatic carbocycles. The summed E-state index contributed by atoms with van der Waals surface area (Å²) < 4.78 is 6.05. The van der Waals surface area contributed by atoms with Gasteiger partial charge in [0.2, 0.25) is 0 Å². The predicted octanol–water partition coefficient (Wildman–Crippen LogP) is 10.4. The minimum atomic E-state index is 0.136. The van der Waals surface area contributed by atoms with Crippen LogP contribution in [0.15, 0.2) is 176 Å². The van der Waals surface area contributed by atoms with Gasteiger partial charge in [-0.05, 0) is 56.0 Å². The van der Waals surface area contributed by atoms with Crippen LogP contribution in [0.25, 0.3) is 16.5 Å². The van der Waals surface area contributed by atoms with Gasteiger partial charge >= 0.3 is 0 Å². The van der Waals surface area contributed by atoms with Crippen LogP contribution in [0.2, 0.25) is 0 Å². The van der Waals surface area contributed by atoms with Gasteiger partial charge in [0.15, 0.2) is 0 Å². The molecule has 0 N–H and O–H groups in total. The lowest BCUT2D eigenvalue weighted by molar-refractivity contribution is 0.601. The molecule has 0 aliphatic heterocycles. The van der Waals surface area contributed by atoms with Crippen molar-refractivity contribution in [3.63, 3.8) is 0 Å². The molecule has 1 heterocycles. The van der Waals surface area contributed by atoms with Gasteiger partial charge in [0.25, 0.3) is 0 Å². The molecule has 0 radical (unpaired) electrons. The van der Waals surface area contributed by atoms with Crippen molar-refractivity contribution in [2.45, 2.75) is 20.3 Å². The van der Waals surface area contributed by atoms with Crippen molar-refractivity contribution in [1.29, 1.82) is 0 Å². The molecule has 2 nitrogen and oxygen atoms in total. The first-order chi connectivity index (χ1) is 18.5. The van der Waals surface area contributed by atoms with Crippen molar-refractivity contribution in [2.75, 3.05) is 0 Å². The van der Waals surface area contributed by atoms with Crippen LogP contribution in [-0.2, 0) is 0 Å². The van der Waals surface area contributed by atoms with Crippen LogP contribution >= 0.6 is 0 Å². The average molecular weight is 502 g/mol. The van der Waals surface area contributed by atoms with E-state index in [2.05, 4.69) is 69.3 Å². The zero-order chi connectivity index (χ0) is 27.8. The zero-order valence-electron chi connectivity index (χ0n) is 22.7. The third kappa shape index (κ3) is 8.53. The van der Waals surface area contributed by atoms with E-state index < -0.39 is 0 Å². The number of hydrogen-bond donors (Lipinski definition) is 0. The van der Waals surface area contributed by atoms with Crippen LogP contribution in [0.1, 0.15) is 26.0 Å². The maximum atomic E-state index is 6.05. The lowest BCUT2D eigenvalue weighted by atomic mass is 10.0. The smallest absolute Gasteiger partial charge is 0.135 e. The van der Waals surface area contributed by atoms with Gasteiger partial charge in [-0.25, -0.2) is 0 Å². The molecule has 0 aliphatic rings. The second kappa shape index (κ2) is 16.2. The van der Waals surface area contributed by atoms with Crippen molar-refractivity contribution < 1.29 is 4.42 Å². The highest BCUT2D eigenvalue weighted by Crippen LogP contribution is 2.26. The van der Waals surface area contributed by atoms with Gasteiger partial charge in [-0.1, -0.05) is 117 Å². The SMILES string of the molecule is C=C/C=C\C(=C)N(/C=C/C)/C(C=C)=C(\C=C\C)/C=C/C(C=C)C/C=C/C(=C/C=C)c1cc2ccccc2o1. The molecule has 0 bridgehead atoms. The Bertz CT molecular complexity index is 1310. The quantitative estimate of drug-likeness (QED) is 0.178. The van der Waals surface area contributed by atoms with Gasteiger partial charge in [-0.2, -0.15) is 0 Å². The van der Waals surface area contributed by atoms with Crippen molar-refractivity contribution >= 4 is 16.5 Å². The highest BCUT2D eigenvalue weighted by Gasteiger charge is 2.10. The number of benzene rings is 1. The molecule has 0 spiro atoms. The largest absolute Gasteiger partial charge is 0.456 e. The number of fused-ring (bicyclic) bond motifs is 1. The van der Waals surface area contributed by atoms with Gasteiger partial charge < -0.3 is 9.32 Å². The fourth-order valence-electron chi connectivity index (χ4n) is 3.80. The minimum Gasteiger partial charge on any atom is -0.456 e. The molecule has 0 amide bonds. The molecule has 194 valence electrons. The molecule has 38 heavy (non-hydrogen) atoms. The van der Waals surface area contributed by atoms with Crippen molar-refractivity contribution in [2.24, 2.45) is 5.92 Å². The Morgan fingerprint density at radius 2 is 1.76 bits per heavy atom. The van der Waals surface area contributed by atoms with E-state index in [4.69, 9.17) is 4.42 Å². The van der Waals surface area contributed by atoms with Crippen LogP contribution in [0.3, 0.4) is 0 Å². The molecule has 1 aromatic heterocycles. The number of nitrogens with zero attached hydrogens (tertiary/aromatic N) is 1. The molecular formula is C36H39NO. The Morgan fingerprint density at radius 1 is 0.974 bits per heavy atom. The van der Waals surface area contributed by atoms with Gasteiger partial charge in [0.1, 0.15) is 11.3 Å². The predicted molar refractivity (Wildman–Crippen MR) is 168 cm³/mol. The van der Waals surface area contributed by atoms with E-state index in [1.54, 1.807) is 12.2 Å². The summed E-state index contributed by atoms with van der Waals surface area (Å²) in [4.78, 5) is 2.01. The summed E-state index contributed by atoms with van der Waals surface area (Å²) in [5, 5.41) is 1.08. The topological polar surface area (TPSA) is 16.4 Å². The fourth-order valence-corrected chi connectivity index (χ4v) is 3.80. The maximum Gasteiger partial charge on any atom is 0.135 e. The molecule has 1 aromatic carbocycles. The lowest BCUT2D eigenvalue weighted by Crippen LogP contribution is -2.14. The highest BCUT2D eigenvalue weighted by molar-refractivity contribution is 5.84. The van der Waals surface area contributed by atoms with Crippen molar-refractivity contribution in [1.82, 2.24) is 4.90 Å². The van der Waals surface area contributed by atoms with Gasteiger partial charge in [-0.15, -0.1) is 6.58 Å². The third-order valence-corrected chi connectivity index (χ3v) is 5.67. The summed E-state index contributed by atoms with van der Waals surface area (Å²) in [5.74, 6) is 0.953. The van der Waals surface area contributed by atoms with E-state index in [0.717, 1.165) is 45.7 Å². The third-order valence-electron chi connectivity index (χ3n) is 5.67. The number of furan rings is 1. The van der Waals surface area contributed by atoms with E-state index in [9.17, 15) is 0 Å². The standard InChI is InChI=1S/C36H39NO/c1-8-14-20-29(7)37(27-11-4)34(13-6)31(18-9-2)26-25-30(12-5)21-17-23-32(19-10-3)36-28-33-22-15-16-24-35(33)38-36/h8-20,22-28,30H,1,3,5-7,21H2,2,4H3/b18-9+,20-14-,23-17+,26-25+,27-11+,32-19-,34-31+. The molecule has 2 rings (SSSR count). The molecule has 2 heteroatoms. The molecule has 0 fully saturated rings. The number of para-hydroxylation sites is 1. The lowest BCUT2D eigenvalue weighted by Gasteiger charge is -2.24. The number of rotatable bonds is 15. The molecular weight excluding hydrogens is 462 g/mol. The Labute approximate surface area is 229 Å². The number of hydrogen-bond acceptors (Lipinski definition) is 2. The van der Waals surface area contributed by atoms with Crippen LogP contribution in [0.5, 0.6) is 0 Å². The summed E-state index contributed by atoms with van der Waals surface area (Å²) in [5.41, 5.74) is 4.59. The van der Waals surface area contributed by atoms with E-state index in [-0.39, 0.29) is 5.92 Å². The van der Waals surface area contributed by atoms with E-state index in [1.165, 1.54) is 0 Å². The first-order valence-electron chi connectivity index (χ1n) is 12.7. The van der Waals surface area contributed by atoms with Crippen LogP contribution < -0.4 is 0 Å². The molecule has 0 saturated heterocycles. The molecule has 0 saturated carbocycles. The Kier molecular flexibility index (Phi) is 12.7. The summed E-state index contributed by atoms with van der Waals surface area (Å²) in [6.45, 7) is 23.9. The first kappa shape index (κ1) is 29.7. The average Bonchev–Trinajstić information content (AvgIpc) is 3.37. The Morgan fingerprint density at radius 3 is 2.39 bits per heavy atom. The van der Waals surface area contributed by atoms with Gasteiger partial charge in [-0.3, -0.25) is 0 Å². The van der Waals surface area contributed by atoms with Crippen LogP contribution in [-0.4, -0.2) is 4.90 Å². The second-order valence-corrected chi connectivity index (χ2v) is 8.39. The maximum absolute atomic E-state index is 6.05. The summed E-state index contributed by atoms with van der Waals surface area (Å²) >= 11 is 0. The molecule has 1 unspecified atom stereocenters. The van der Waals surface area contributed by atoms with E-state index in [0.29, 0.717) is 0 Å². The Balaban J connectivity index is 2.31. The second-order valence-electron chi connectivity index (χ2n) is 8.39. The fraction of sp³-hybridized carbons (Fsp3) is 0.111. The Hall–Kier alpha value is -4.56.